The first kappa shape index (κ1) is 13.4. The molecule has 2 N–H and O–H groups in total. The predicted octanol–water partition coefficient (Wildman–Crippen LogP) is 2.77. The second kappa shape index (κ2) is 7.60. The topological polar surface area (TPSA) is 33.3 Å². The second-order valence-electron chi connectivity index (χ2n) is 3.08. The van der Waals surface area contributed by atoms with Crippen LogP contribution in [0.4, 0.5) is 5.69 Å². The van der Waals surface area contributed by atoms with Crippen molar-refractivity contribution >= 4 is 38.9 Å². The van der Waals surface area contributed by atoms with E-state index in [0.717, 1.165) is 23.3 Å². The lowest BCUT2D eigenvalue weighted by molar-refractivity contribution is 0.152. The van der Waals surface area contributed by atoms with Gasteiger partial charge < -0.3 is 15.4 Å². The minimum absolute atomic E-state index is 0.613. The van der Waals surface area contributed by atoms with Gasteiger partial charge in [-0.1, -0.05) is 15.9 Å². The third-order valence-corrected chi connectivity index (χ3v) is 2.61. The molecule has 1 rings (SSSR count). The zero-order chi connectivity index (χ0) is 11.8. The first-order chi connectivity index (χ1) is 7.72. The summed E-state index contributed by atoms with van der Waals surface area (Å²) in [7, 11) is 0. The van der Waals surface area contributed by atoms with Crippen LogP contribution in [0.5, 0.6) is 0 Å². The van der Waals surface area contributed by atoms with Crippen molar-refractivity contribution in [1.82, 2.24) is 5.32 Å². The summed E-state index contributed by atoms with van der Waals surface area (Å²) < 4.78 is 6.24. The van der Waals surface area contributed by atoms with Crippen LogP contribution in [0, 0.1) is 0 Å². The molecule has 0 saturated heterocycles. The van der Waals surface area contributed by atoms with E-state index in [1.54, 1.807) is 0 Å². The van der Waals surface area contributed by atoms with Crippen LogP contribution in [-0.4, -0.2) is 24.9 Å². The average Bonchev–Trinajstić information content (AvgIpc) is 2.28. The fraction of sp³-hybridized carbons (Fsp3) is 0.364. The minimum Gasteiger partial charge on any atom is -0.380 e. The van der Waals surface area contributed by atoms with Gasteiger partial charge in [0.15, 0.2) is 5.11 Å². The first-order valence-electron chi connectivity index (χ1n) is 5.10. The van der Waals surface area contributed by atoms with Crippen LogP contribution in [0.15, 0.2) is 28.7 Å². The zero-order valence-corrected chi connectivity index (χ0v) is 11.5. The summed E-state index contributed by atoms with van der Waals surface area (Å²) >= 11 is 8.51. The van der Waals surface area contributed by atoms with Gasteiger partial charge in [0.25, 0.3) is 0 Å². The molecule has 1 aromatic carbocycles. The molecule has 0 amide bonds. The molecule has 0 aliphatic carbocycles. The quantitative estimate of drug-likeness (QED) is 0.647. The highest BCUT2D eigenvalue weighted by atomic mass is 79.9. The normalized spacial score (nSPS) is 9.88. The summed E-state index contributed by atoms with van der Waals surface area (Å²) in [6.45, 7) is 4.09. The van der Waals surface area contributed by atoms with E-state index in [0.29, 0.717) is 11.7 Å². The van der Waals surface area contributed by atoms with Gasteiger partial charge in [-0.25, -0.2) is 0 Å². The van der Waals surface area contributed by atoms with Crippen molar-refractivity contribution in [3.63, 3.8) is 0 Å². The van der Waals surface area contributed by atoms with Gasteiger partial charge in [0.2, 0.25) is 0 Å². The summed E-state index contributed by atoms with van der Waals surface area (Å²) in [4.78, 5) is 0. The van der Waals surface area contributed by atoms with Gasteiger partial charge in [0, 0.05) is 23.3 Å². The van der Waals surface area contributed by atoms with Crippen molar-refractivity contribution < 1.29 is 4.74 Å². The number of halogens is 1. The highest BCUT2D eigenvalue weighted by molar-refractivity contribution is 9.10. The van der Waals surface area contributed by atoms with E-state index in [1.807, 2.05) is 31.2 Å². The van der Waals surface area contributed by atoms with Crippen molar-refractivity contribution in [3.05, 3.63) is 28.7 Å². The molecule has 5 heteroatoms. The molecule has 0 unspecified atom stereocenters. The van der Waals surface area contributed by atoms with Crippen molar-refractivity contribution in [2.75, 3.05) is 25.1 Å². The monoisotopic (exact) mass is 302 g/mol. The Kier molecular flexibility index (Phi) is 6.37. The van der Waals surface area contributed by atoms with E-state index in [2.05, 4.69) is 26.6 Å². The summed E-state index contributed by atoms with van der Waals surface area (Å²) in [6, 6.07) is 7.84. The smallest absolute Gasteiger partial charge is 0.170 e. The summed E-state index contributed by atoms with van der Waals surface area (Å²) in [5, 5.41) is 6.77. The van der Waals surface area contributed by atoms with Gasteiger partial charge in [0.1, 0.15) is 0 Å². The number of benzene rings is 1. The van der Waals surface area contributed by atoms with Crippen molar-refractivity contribution in [2.45, 2.75) is 6.92 Å². The largest absolute Gasteiger partial charge is 0.380 e. The van der Waals surface area contributed by atoms with Crippen LogP contribution in [0.2, 0.25) is 0 Å². The van der Waals surface area contributed by atoms with E-state index in [-0.39, 0.29) is 0 Å². The fourth-order valence-corrected chi connectivity index (χ4v) is 1.57. The van der Waals surface area contributed by atoms with Gasteiger partial charge in [-0.2, -0.15) is 0 Å². The van der Waals surface area contributed by atoms with Crippen molar-refractivity contribution in [1.29, 1.82) is 0 Å². The standard InChI is InChI=1S/C11H15BrN2OS/c1-2-15-8-7-13-11(16)14-10-5-3-9(12)4-6-10/h3-6H,2,7-8H2,1H3,(H2,13,14,16). The zero-order valence-electron chi connectivity index (χ0n) is 9.13. The van der Waals surface area contributed by atoms with E-state index >= 15 is 0 Å². The molecule has 0 radical (unpaired) electrons. The fourth-order valence-electron chi connectivity index (χ4n) is 1.09. The highest BCUT2D eigenvalue weighted by Crippen LogP contribution is 2.13. The lowest BCUT2D eigenvalue weighted by Crippen LogP contribution is -2.31. The Labute approximate surface area is 110 Å². The molecule has 0 aromatic heterocycles. The summed E-state index contributed by atoms with van der Waals surface area (Å²) in [5.41, 5.74) is 0.970. The molecule has 0 heterocycles. The average molecular weight is 303 g/mol. The molecule has 0 atom stereocenters. The number of anilines is 1. The SMILES string of the molecule is CCOCCNC(=S)Nc1ccc(Br)cc1. The molecular formula is C11H15BrN2OS. The van der Waals surface area contributed by atoms with Crippen LogP contribution in [0.1, 0.15) is 6.92 Å². The number of ether oxygens (including phenoxy) is 1. The molecular weight excluding hydrogens is 288 g/mol. The van der Waals surface area contributed by atoms with Gasteiger partial charge >= 0.3 is 0 Å². The first-order valence-corrected chi connectivity index (χ1v) is 6.30. The van der Waals surface area contributed by atoms with E-state index < -0.39 is 0 Å². The maximum atomic E-state index is 5.19. The number of thiocarbonyl (C=S) groups is 1. The Morgan fingerprint density at radius 1 is 1.38 bits per heavy atom. The molecule has 1 aromatic rings. The number of hydrogen-bond donors (Lipinski definition) is 2. The number of nitrogens with one attached hydrogen (secondary N) is 2. The van der Waals surface area contributed by atoms with Gasteiger partial charge in [-0.15, -0.1) is 0 Å². The third kappa shape index (κ3) is 5.44. The van der Waals surface area contributed by atoms with Gasteiger partial charge in [-0.05, 0) is 43.4 Å². The van der Waals surface area contributed by atoms with Gasteiger partial charge in [-0.3, -0.25) is 0 Å². The Balaban J connectivity index is 2.26. The molecule has 0 aliphatic heterocycles. The van der Waals surface area contributed by atoms with Crippen LogP contribution < -0.4 is 10.6 Å². The highest BCUT2D eigenvalue weighted by Gasteiger charge is 1.96. The van der Waals surface area contributed by atoms with E-state index in [1.165, 1.54) is 0 Å². The molecule has 88 valence electrons. The van der Waals surface area contributed by atoms with Crippen molar-refractivity contribution in [3.8, 4) is 0 Å². The third-order valence-electron chi connectivity index (χ3n) is 1.84. The van der Waals surface area contributed by atoms with E-state index in [9.17, 15) is 0 Å². The van der Waals surface area contributed by atoms with Crippen LogP contribution in [0.3, 0.4) is 0 Å². The Bertz CT molecular complexity index is 329. The van der Waals surface area contributed by atoms with E-state index in [4.69, 9.17) is 17.0 Å². The molecule has 0 fully saturated rings. The molecule has 0 spiro atoms. The van der Waals surface area contributed by atoms with Crippen LogP contribution >= 0.6 is 28.1 Å². The molecule has 0 saturated carbocycles. The molecule has 3 nitrogen and oxygen atoms in total. The van der Waals surface area contributed by atoms with Crippen molar-refractivity contribution in [2.24, 2.45) is 0 Å². The van der Waals surface area contributed by atoms with Crippen LogP contribution in [-0.2, 0) is 4.74 Å². The predicted molar refractivity (Wildman–Crippen MR) is 74.9 cm³/mol. The molecule has 0 aliphatic rings. The molecule has 16 heavy (non-hydrogen) atoms. The number of hydrogen-bond acceptors (Lipinski definition) is 2. The van der Waals surface area contributed by atoms with Gasteiger partial charge in [0.05, 0.1) is 6.61 Å². The summed E-state index contributed by atoms with van der Waals surface area (Å²) in [6.07, 6.45) is 0. The van der Waals surface area contributed by atoms with Crippen LogP contribution in [0.25, 0.3) is 0 Å². The molecule has 0 bridgehead atoms. The Hall–Kier alpha value is -0.650. The lowest BCUT2D eigenvalue weighted by atomic mass is 10.3. The summed E-state index contributed by atoms with van der Waals surface area (Å²) in [5.74, 6) is 0. The maximum absolute atomic E-state index is 5.19. The maximum Gasteiger partial charge on any atom is 0.170 e. The number of rotatable bonds is 5. The minimum atomic E-state index is 0.613. The Morgan fingerprint density at radius 3 is 2.69 bits per heavy atom. The lowest BCUT2D eigenvalue weighted by Gasteiger charge is -2.10. The second-order valence-corrected chi connectivity index (χ2v) is 4.41. The Morgan fingerprint density at radius 2 is 2.06 bits per heavy atom.